The predicted molar refractivity (Wildman–Crippen MR) is 236 cm³/mol. The van der Waals surface area contributed by atoms with Crippen LogP contribution in [0.2, 0.25) is 0 Å². The van der Waals surface area contributed by atoms with Gasteiger partial charge in [0.15, 0.2) is 30.2 Å². The van der Waals surface area contributed by atoms with Gasteiger partial charge in [0.2, 0.25) is 36.0 Å². The van der Waals surface area contributed by atoms with Crippen molar-refractivity contribution < 1.29 is 119 Å². The zero-order valence-corrected chi connectivity index (χ0v) is 40.8. The van der Waals surface area contributed by atoms with Crippen LogP contribution in [-0.2, 0) is 95.3 Å². The zero-order valence-electron chi connectivity index (χ0n) is 40.8. The van der Waals surface area contributed by atoms with Crippen molar-refractivity contribution in [1.29, 1.82) is 0 Å². The highest BCUT2D eigenvalue weighted by Gasteiger charge is 2.55. The fraction of sp³-hybridized carbons (Fsp3) is 0.468. The van der Waals surface area contributed by atoms with Crippen molar-refractivity contribution in [1.82, 2.24) is 0 Å². The van der Waals surface area contributed by atoms with Crippen LogP contribution in [0.15, 0.2) is 45.6 Å². The number of hydrogen-bond acceptors (Lipinski definition) is 26. The van der Waals surface area contributed by atoms with E-state index in [0.29, 0.717) is 0 Å². The molecule has 2 saturated heterocycles. The van der Waals surface area contributed by atoms with Crippen molar-refractivity contribution in [3.63, 3.8) is 0 Å². The second-order valence-electron chi connectivity index (χ2n) is 16.0. The first-order valence-corrected chi connectivity index (χ1v) is 21.9. The van der Waals surface area contributed by atoms with Crippen LogP contribution in [0, 0.1) is 0 Å². The zero-order chi connectivity index (χ0) is 54.0. The Labute approximate surface area is 413 Å². The minimum atomic E-state index is -2.01. The minimum absolute atomic E-state index is 0.00970. The first kappa shape index (κ1) is 55.8. The molecule has 0 amide bonds. The molecule has 0 aliphatic carbocycles. The molecule has 0 N–H and O–H groups in total. The third kappa shape index (κ3) is 15.0. The topological polar surface area (TPSA) is 330 Å². The fourth-order valence-electron chi connectivity index (χ4n) is 7.50. The second kappa shape index (κ2) is 24.3. The summed E-state index contributed by atoms with van der Waals surface area (Å²) in [4.78, 5) is 139. The maximum atomic E-state index is 15.1. The van der Waals surface area contributed by atoms with E-state index in [2.05, 4.69) is 0 Å². The molecule has 394 valence electrons. The van der Waals surface area contributed by atoms with E-state index in [1.54, 1.807) is 0 Å². The molecule has 3 aromatic rings. The summed E-state index contributed by atoms with van der Waals surface area (Å²) in [5.74, 6) is -11.1. The highest BCUT2D eigenvalue weighted by atomic mass is 16.8. The van der Waals surface area contributed by atoms with E-state index in [0.717, 1.165) is 81.4 Å². The molecule has 0 unspecified atom stereocenters. The number of esters is 10. The van der Waals surface area contributed by atoms with Crippen LogP contribution in [0.1, 0.15) is 69.2 Å². The largest absolute Gasteiger partial charge is 0.463 e. The van der Waals surface area contributed by atoms with Crippen LogP contribution in [-0.4, -0.2) is 134 Å². The summed E-state index contributed by atoms with van der Waals surface area (Å²) in [6.07, 6.45) is -17.1. The van der Waals surface area contributed by atoms with Gasteiger partial charge in [-0.25, -0.2) is 0 Å². The Morgan fingerprint density at radius 1 is 0.452 bits per heavy atom. The summed E-state index contributed by atoms with van der Waals surface area (Å²) >= 11 is 0. The minimum Gasteiger partial charge on any atom is -0.463 e. The first-order chi connectivity index (χ1) is 34.3. The van der Waals surface area contributed by atoms with Gasteiger partial charge in [-0.2, -0.15) is 0 Å². The van der Waals surface area contributed by atoms with Crippen molar-refractivity contribution in [2.45, 2.75) is 131 Å². The molecule has 0 spiro atoms. The van der Waals surface area contributed by atoms with Gasteiger partial charge < -0.3 is 70.7 Å². The molecular formula is C47H50O26. The second-order valence-corrected chi connectivity index (χ2v) is 16.0. The van der Waals surface area contributed by atoms with E-state index in [-0.39, 0.29) is 17.1 Å². The van der Waals surface area contributed by atoms with Gasteiger partial charge in [0, 0.05) is 86.9 Å². The summed E-state index contributed by atoms with van der Waals surface area (Å²) in [5, 5.41) is -0.537. The Kier molecular flexibility index (Phi) is 18.6. The summed E-state index contributed by atoms with van der Waals surface area (Å²) in [6.45, 7) is 8.98. The maximum absolute atomic E-state index is 15.1. The lowest BCUT2D eigenvalue weighted by Crippen LogP contribution is -2.63. The third-order valence-electron chi connectivity index (χ3n) is 9.91. The molecule has 2 fully saturated rings. The normalized spacial score (nSPS) is 23.3. The highest BCUT2D eigenvalue weighted by molar-refractivity contribution is 5.90. The van der Waals surface area contributed by atoms with E-state index in [1.807, 2.05) is 0 Å². The number of rotatable bonds is 17. The van der Waals surface area contributed by atoms with Gasteiger partial charge in [-0.1, -0.05) is 0 Å². The Morgan fingerprint density at radius 2 is 0.863 bits per heavy atom. The van der Waals surface area contributed by atoms with Crippen molar-refractivity contribution in [3.8, 4) is 34.3 Å². The molecule has 2 aliphatic heterocycles. The van der Waals surface area contributed by atoms with Crippen LogP contribution in [0.4, 0.5) is 0 Å². The van der Waals surface area contributed by atoms with Crippen LogP contribution >= 0.6 is 0 Å². The molecule has 10 atom stereocenters. The van der Waals surface area contributed by atoms with Crippen LogP contribution < -0.4 is 24.4 Å². The summed E-state index contributed by atoms with van der Waals surface area (Å²) < 4.78 is 84.9. The van der Waals surface area contributed by atoms with E-state index in [4.69, 9.17) is 70.7 Å². The molecule has 26 nitrogen and oxygen atoms in total. The molecule has 5 rings (SSSR count). The number of hydrogen-bond donors (Lipinski definition) is 0. The summed E-state index contributed by atoms with van der Waals surface area (Å²) in [6, 6.07) is 7.37. The number of fused-ring (bicyclic) bond motifs is 1. The lowest BCUT2D eigenvalue weighted by Gasteiger charge is -2.44. The van der Waals surface area contributed by atoms with Crippen molar-refractivity contribution >= 4 is 70.7 Å². The molecule has 0 bridgehead atoms. The van der Waals surface area contributed by atoms with Crippen molar-refractivity contribution in [3.05, 3.63) is 46.6 Å². The molecule has 73 heavy (non-hydrogen) atoms. The average molecular weight is 1030 g/mol. The maximum Gasteiger partial charge on any atom is 0.308 e. The number of carbonyl (C=O) groups excluding carboxylic acids is 10. The van der Waals surface area contributed by atoms with Gasteiger partial charge in [-0.05, 0) is 24.3 Å². The molecule has 2 aromatic carbocycles. The van der Waals surface area contributed by atoms with E-state index < -0.39 is 168 Å². The quantitative estimate of drug-likeness (QED) is 0.106. The Hall–Kier alpha value is -8.13. The van der Waals surface area contributed by atoms with Crippen LogP contribution in [0.3, 0.4) is 0 Å². The lowest BCUT2D eigenvalue weighted by molar-refractivity contribution is -0.288. The summed E-state index contributed by atoms with van der Waals surface area (Å²) in [7, 11) is 0. The number of benzene rings is 2. The van der Waals surface area contributed by atoms with Gasteiger partial charge >= 0.3 is 59.7 Å². The van der Waals surface area contributed by atoms with E-state index >= 15 is 4.79 Å². The first-order valence-electron chi connectivity index (χ1n) is 21.9. The standard InChI is InChI=1S/C47H50O26/c1-19(48)59-17-34-39(63-23(5)52)42(65-25(7)54)44(67-27(9)56)46(71-34)69-31-15-32(62-22(4)51)36-33(16-31)70-38(29-11-13-30(14-12-29)61-21(3)50)41(37(36)58)73-47-45(68-28(10)57)43(66-26(8)55)40(64-24(6)53)35(72-47)18-60-20(2)49/h11-16,34-35,39-40,42-47H,17-18H2,1-10H3/t34-,35-,39-,40-,42+,43+,44-,45-,46-,47+/m1/s1. The fourth-order valence-corrected chi connectivity index (χ4v) is 7.50. The van der Waals surface area contributed by atoms with Gasteiger partial charge in [-0.15, -0.1) is 0 Å². The van der Waals surface area contributed by atoms with Gasteiger partial charge in [0.05, 0.1) is 0 Å². The SMILES string of the molecule is CC(=O)OC[C@H]1O[C@@H](Oc2cc(OC(C)=O)c3c(=O)c(O[C@@H]4O[C@H](COC(C)=O)[C@@H](OC(C)=O)[C@H](OC(C)=O)[C@H]4OC(C)=O)c(-c4ccc(OC(C)=O)cc4)oc3c2)[C@H](OC(C)=O)[C@@H](OC(C)=O)[C@@H]1OC(C)=O. The molecule has 2 aliphatic rings. The molecule has 3 heterocycles. The average Bonchev–Trinajstić information content (AvgIpc) is 3.26. The molecule has 26 heteroatoms. The van der Waals surface area contributed by atoms with E-state index in [1.165, 1.54) is 24.3 Å². The summed E-state index contributed by atoms with van der Waals surface area (Å²) in [5.41, 5.74) is -1.56. The molecular weight excluding hydrogens is 980 g/mol. The van der Waals surface area contributed by atoms with E-state index in [9.17, 15) is 47.9 Å². The third-order valence-corrected chi connectivity index (χ3v) is 9.91. The van der Waals surface area contributed by atoms with Crippen molar-refractivity contribution in [2.75, 3.05) is 13.2 Å². The number of carbonyl (C=O) groups is 10. The van der Waals surface area contributed by atoms with Crippen LogP contribution in [0.5, 0.6) is 23.0 Å². The van der Waals surface area contributed by atoms with Gasteiger partial charge in [0.25, 0.3) is 0 Å². The van der Waals surface area contributed by atoms with Crippen LogP contribution in [0.25, 0.3) is 22.3 Å². The smallest absolute Gasteiger partial charge is 0.308 e. The molecule has 0 radical (unpaired) electrons. The molecule has 0 saturated carbocycles. The monoisotopic (exact) mass is 1030 g/mol. The van der Waals surface area contributed by atoms with Gasteiger partial charge in [-0.3, -0.25) is 52.7 Å². The predicted octanol–water partition coefficient (Wildman–Crippen LogP) is 2.23. The lowest BCUT2D eigenvalue weighted by atomic mass is 9.98. The Balaban J connectivity index is 1.77. The number of ether oxygens (including phenoxy) is 14. The van der Waals surface area contributed by atoms with Crippen molar-refractivity contribution in [2.24, 2.45) is 0 Å². The Bertz CT molecular complexity index is 2690. The van der Waals surface area contributed by atoms with Gasteiger partial charge in [0.1, 0.15) is 53.6 Å². The highest BCUT2D eigenvalue weighted by Crippen LogP contribution is 2.41. The molecule has 1 aromatic heterocycles. The Morgan fingerprint density at radius 3 is 1.27 bits per heavy atom.